The van der Waals surface area contributed by atoms with Crippen LogP contribution in [0.3, 0.4) is 0 Å². The van der Waals surface area contributed by atoms with Crippen molar-refractivity contribution in [2.24, 2.45) is 11.7 Å². The van der Waals surface area contributed by atoms with E-state index >= 15 is 0 Å². The Morgan fingerprint density at radius 1 is 1.45 bits per heavy atom. The number of ether oxygens (including phenoxy) is 1. The zero-order valence-electron chi connectivity index (χ0n) is 12.1. The summed E-state index contributed by atoms with van der Waals surface area (Å²) in [4.78, 5) is 14.2. The van der Waals surface area contributed by atoms with Crippen LogP contribution in [0.25, 0.3) is 0 Å². The number of anilines is 1. The van der Waals surface area contributed by atoms with Crippen LogP contribution in [0.1, 0.15) is 13.8 Å². The van der Waals surface area contributed by atoms with E-state index in [9.17, 15) is 4.79 Å². The standard InChI is InChI=1S/C14H21N3O2S/c1-4-17(9-10(2)13(15)20)14(18)16-11-5-7-12(19-3)8-6-11/h5-8,10H,4,9H2,1-3H3,(H2,15,20)(H,16,18). The van der Waals surface area contributed by atoms with E-state index < -0.39 is 0 Å². The monoisotopic (exact) mass is 295 g/mol. The fraction of sp³-hybridized carbons (Fsp3) is 0.429. The average molecular weight is 295 g/mol. The number of nitrogens with two attached hydrogens (primary N) is 1. The van der Waals surface area contributed by atoms with Gasteiger partial charge in [-0.05, 0) is 31.2 Å². The summed E-state index contributed by atoms with van der Waals surface area (Å²) in [7, 11) is 1.60. The molecule has 5 nitrogen and oxygen atoms in total. The predicted octanol–water partition coefficient (Wildman–Crippen LogP) is 2.47. The molecule has 3 N–H and O–H groups in total. The van der Waals surface area contributed by atoms with Gasteiger partial charge in [0.05, 0.1) is 12.1 Å². The largest absolute Gasteiger partial charge is 0.497 e. The number of urea groups is 1. The lowest BCUT2D eigenvalue weighted by Crippen LogP contribution is -2.40. The highest BCUT2D eigenvalue weighted by molar-refractivity contribution is 7.80. The van der Waals surface area contributed by atoms with Crippen LogP contribution in [-0.4, -0.2) is 36.1 Å². The van der Waals surface area contributed by atoms with Crippen molar-refractivity contribution in [3.05, 3.63) is 24.3 Å². The molecule has 0 spiro atoms. The van der Waals surface area contributed by atoms with Gasteiger partial charge in [-0.3, -0.25) is 0 Å². The Kier molecular flexibility index (Phi) is 6.24. The summed E-state index contributed by atoms with van der Waals surface area (Å²) in [6.07, 6.45) is 0. The number of rotatable bonds is 6. The molecule has 1 atom stereocenters. The molecule has 2 amide bonds. The summed E-state index contributed by atoms with van der Waals surface area (Å²) in [5.74, 6) is 0.740. The Bertz CT molecular complexity index is 462. The van der Waals surface area contributed by atoms with Gasteiger partial charge in [0.1, 0.15) is 5.75 Å². The molecule has 0 aliphatic carbocycles. The first-order chi connectivity index (χ1) is 9.47. The highest BCUT2D eigenvalue weighted by Gasteiger charge is 2.16. The van der Waals surface area contributed by atoms with Crippen LogP contribution in [0.4, 0.5) is 10.5 Å². The molecule has 6 heteroatoms. The Balaban J connectivity index is 2.64. The van der Waals surface area contributed by atoms with E-state index in [2.05, 4.69) is 5.32 Å². The van der Waals surface area contributed by atoms with Gasteiger partial charge in [0.15, 0.2) is 0 Å². The molecule has 1 aromatic carbocycles. The zero-order valence-corrected chi connectivity index (χ0v) is 12.9. The second-order valence-corrected chi connectivity index (χ2v) is 4.97. The molecule has 20 heavy (non-hydrogen) atoms. The number of amides is 2. The summed E-state index contributed by atoms with van der Waals surface area (Å²) in [6, 6.07) is 7.01. The first-order valence-electron chi connectivity index (χ1n) is 6.47. The molecule has 0 saturated heterocycles. The maximum absolute atomic E-state index is 12.2. The number of methoxy groups -OCH3 is 1. The normalized spacial score (nSPS) is 11.6. The van der Waals surface area contributed by atoms with Crippen molar-refractivity contribution in [1.29, 1.82) is 0 Å². The molecule has 110 valence electrons. The third-order valence-corrected chi connectivity index (χ3v) is 3.39. The van der Waals surface area contributed by atoms with Gasteiger partial charge in [0.25, 0.3) is 0 Å². The van der Waals surface area contributed by atoms with E-state index in [1.807, 2.05) is 13.8 Å². The SMILES string of the molecule is CCN(CC(C)C(N)=S)C(=O)Nc1ccc(OC)cc1. The second-order valence-electron chi connectivity index (χ2n) is 4.50. The molecule has 1 rings (SSSR count). The minimum Gasteiger partial charge on any atom is -0.497 e. The Hall–Kier alpha value is -1.82. The van der Waals surface area contributed by atoms with Gasteiger partial charge in [0.2, 0.25) is 0 Å². The Labute approximate surface area is 125 Å². The lowest BCUT2D eigenvalue weighted by atomic mass is 10.1. The second kappa shape index (κ2) is 7.69. The number of nitrogens with zero attached hydrogens (tertiary/aromatic N) is 1. The van der Waals surface area contributed by atoms with Gasteiger partial charge in [-0.15, -0.1) is 0 Å². The molecular formula is C14H21N3O2S. The summed E-state index contributed by atoms with van der Waals surface area (Å²) in [5, 5.41) is 2.84. The van der Waals surface area contributed by atoms with Gasteiger partial charge in [-0.25, -0.2) is 4.79 Å². The van der Waals surface area contributed by atoms with E-state index in [0.717, 1.165) is 11.4 Å². The molecule has 1 unspecified atom stereocenters. The van der Waals surface area contributed by atoms with Crippen LogP contribution >= 0.6 is 12.2 Å². The zero-order chi connectivity index (χ0) is 15.1. The van der Waals surface area contributed by atoms with Crippen LogP contribution in [0, 0.1) is 5.92 Å². The average Bonchev–Trinajstić information content (AvgIpc) is 2.44. The van der Waals surface area contributed by atoms with E-state index in [1.54, 1.807) is 36.3 Å². The van der Waals surface area contributed by atoms with Crippen molar-refractivity contribution < 1.29 is 9.53 Å². The number of hydrogen-bond acceptors (Lipinski definition) is 3. The minimum atomic E-state index is -0.166. The highest BCUT2D eigenvalue weighted by Crippen LogP contribution is 2.15. The first-order valence-corrected chi connectivity index (χ1v) is 6.88. The van der Waals surface area contributed by atoms with E-state index in [-0.39, 0.29) is 11.9 Å². The number of carbonyl (C=O) groups excluding carboxylic acids is 1. The fourth-order valence-corrected chi connectivity index (χ4v) is 1.73. The van der Waals surface area contributed by atoms with Gasteiger partial charge >= 0.3 is 6.03 Å². The summed E-state index contributed by atoms with van der Waals surface area (Å²) in [5.41, 5.74) is 6.30. The number of benzene rings is 1. The van der Waals surface area contributed by atoms with Crippen molar-refractivity contribution >= 4 is 28.9 Å². The van der Waals surface area contributed by atoms with Crippen molar-refractivity contribution in [2.45, 2.75) is 13.8 Å². The van der Waals surface area contributed by atoms with Crippen LogP contribution < -0.4 is 15.8 Å². The molecule has 0 aromatic heterocycles. The van der Waals surface area contributed by atoms with Crippen LogP contribution in [0.5, 0.6) is 5.75 Å². The Morgan fingerprint density at radius 2 is 2.05 bits per heavy atom. The highest BCUT2D eigenvalue weighted by atomic mass is 32.1. The summed E-state index contributed by atoms with van der Waals surface area (Å²) in [6.45, 7) is 4.92. The third kappa shape index (κ3) is 4.70. The quantitative estimate of drug-likeness (QED) is 0.791. The lowest BCUT2D eigenvalue weighted by molar-refractivity contribution is 0.211. The number of thiocarbonyl (C=S) groups is 1. The predicted molar refractivity (Wildman–Crippen MR) is 85.2 cm³/mol. The van der Waals surface area contributed by atoms with Crippen molar-refractivity contribution in [3.63, 3.8) is 0 Å². The smallest absolute Gasteiger partial charge is 0.321 e. The van der Waals surface area contributed by atoms with E-state index in [4.69, 9.17) is 22.7 Å². The van der Waals surface area contributed by atoms with Gasteiger partial charge < -0.3 is 20.7 Å². The van der Waals surface area contributed by atoms with Crippen LogP contribution in [0.2, 0.25) is 0 Å². The number of hydrogen-bond donors (Lipinski definition) is 2. The maximum Gasteiger partial charge on any atom is 0.321 e. The lowest BCUT2D eigenvalue weighted by Gasteiger charge is -2.24. The fourth-order valence-electron chi connectivity index (χ4n) is 1.65. The molecule has 0 bridgehead atoms. The van der Waals surface area contributed by atoms with Gasteiger partial charge in [0, 0.05) is 24.7 Å². The van der Waals surface area contributed by atoms with Crippen LogP contribution in [-0.2, 0) is 0 Å². The Morgan fingerprint density at radius 3 is 2.50 bits per heavy atom. The molecular weight excluding hydrogens is 274 g/mol. The minimum absolute atomic E-state index is 0.00781. The van der Waals surface area contributed by atoms with Crippen molar-refractivity contribution in [3.8, 4) is 5.75 Å². The van der Waals surface area contributed by atoms with Crippen molar-refractivity contribution in [1.82, 2.24) is 4.90 Å². The third-order valence-electron chi connectivity index (χ3n) is 2.99. The summed E-state index contributed by atoms with van der Waals surface area (Å²) < 4.78 is 5.07. The molecule has 0 fully saturated rings. The summed E-state index contributed by atoms with van der Waals surface area (Å²) >= 11 is 4.93. The van der Waals surface area contributed by atoms with E-state index in [1.165, 1.54) is 0 Å². The molecule has 0 aliphatic rings. The van der Waals surface area contributed by atoms with Gasteiger partial charge in [-0.1, -0.05) is 19.1 Å². The van der Waals surface area contributed by atoms with Gasteiger partial charge in [-0.2, -0.15) is 0 Å². The molecule has 0 heterocycles. The first kappa shape index (κ1) is 16.2. The molecule has 0 saturated carbocycles. The van der Waals surface area contributed by atoms with E-state index in [0.29, 0.717) is 18.1 Å². The van der Waals surface area contributed by atoms with Crippen molar-refractivity contribution in [2.75, 3.05) is 25.5 Å². The molecule has 0 aliphatic heterocycles. The number of carbonyl (C=O) groups is 1. The topological polar surface area (TPSA) is 67.6 Å². The maximum atomic E-state index is 12.2. The number of nitrogens with one attached hydrogen (secondary N) is 1. The molecule has 1 aromatic rings. The van der Waals surface area contributed by atoms with Crippen LogP contribution in [0.15, 0.2) is 24.3 Å². The molecule has 0 radical (unpaired) electrons.